The number of hydrogen-bond donors (Lipinski definition) is 2. The van der Waals surface area contributed by atoms with Crippen LogP contribution in [0.2, 0.25) is 0 Å². The van der Waals surface area contributed by atoms with E-state index in [1.807, 2.05) is 54.6 Å². The number of fused-ring (bicyclic) bond motifs is 1. The number of aromatic nitrogens is 2. The number of rotatable bonds is 14. The highest BCUT2D eigenvalue weighted by atomic mass is 16.7. The van der Waals surface area contributed by atoms with Gasteiger partial charge in [0.1, 0.15) is 24.9 Å². The second-order valence-electron chi connectivity index (χ2n) is 24.6. The van der Waals surface area contributed by atoms with E-state index in [1.54, 1.807) is 137 Å². The third-order valence-electron chi connectivity index (χ3n) is 12.8. The van der Waals surface area contributed by atoms with E-state index in [9.17, 15) is 33.6 Å². The third kappa shape index (κ3) is 16.4. The Morgan fingerprint density at radius 1 is 0.650 bits per heavy atom. The van der Waals surface area contributed by atoms with Crippen molar-refractivity contribution in [2.45, 2.75) is 146 Å². The molecule has 0 unspecified atom stereocenters. The van der Waals surface area contributed by atoms with Crippen LogP contribution in [0.1, 0.15) is 126 Å². The number of ether oxygens (including phenoxy) is 7. The first-order chi connectivity index (χ1) is 37.3. The first-order valence-corrected chi connectivity index (χ1v) is 26.8. The highest BCUT2D eigenvalue weighted by Gasteiger charge is 2.56. The summed E-state index contributed by atoms with van der Waals surface area (Å²) in [7, 11) is 0. The van der Waals surface area contributed by atoms with Gasteiger partial charge < -0.3 is 48.3 Å². The molecule has 0 spiro atoms. The van der Waals surface area contributed by atoms with Crippen LogP contribution in [0.3, 0.4) is 0 Å². The molecule has 3 heterocycles. The maximum atomic E-state index is 13.8. The third-order valence-corrected chi connectivity index (χ3v) is 12.8. The molecular formula is C61H77N5O14. The highest BCUT2D eigenvalue weighted by molar-refractivity contribution is 5.92. The van der Waals surface area contributed by atoms with Gasteiger partial charge in [0, 0.05) is 43.7 Å². The zero-order chi connectivity index (χ0) is 59.0. The van der Waals surface area contributed by atoms with Crippen molar-refractivity contribution in [3.8, 4) is 17.7 Å². The number of aromatic amines is 1. The second-order valence-corrected chi connectivity index (χ2v) is 24.6. The number of benzene rings is 3. The number of nitrogens with one attached hydrogen (secondary N) is 2. The van der Waals surface area contributed by atoms with Crippen molar-refractivity contribution >= 4 is 58.8 Å². The summed E-state index contributed by atoms with van der Waals surface area (Å²) in [4.78, 5) is 97.0. The SMILES string of the molecule is CC(C)(C)C(=O)OC[C@H]1O[C@@H](Oc2n[nH]c3cccc(C#Cc4ccc(C=CCC(=O)NC(C)(C)C(=O)N5CCN(C(=O)OCc6ccccc6)CC5)cc4)c23)[C@H](OC(=O)C(C)(C)C)[C@@H](OC(=O)C(C)(C)C)[C@@H]1OC(=O)C(C)(C)C. The summed E-state index contributed by atoms with van der Waals surface area (Å²) >= 11 is 0. The molecule has 2 aliphatic heterocycles. The lowest BCUT2D eigenvalue weighted by atomic mass is 9.93. The Morgan fingerprint density at radius 3 is 1.80 bits per heavy atom. The Labute approximate surface area is 468 Å². The van der Waals surface area contributed by atoms with Gasteiger partial charge in [-0.05, 0) is 132 Å². The van der Waals surface area contributed by atoms with Gasteiger partial charge in [-0.2, -0.15) is 0 Å². The molecule has 2 aliphatic rings. The normalized spacial score (nSPS) is 19.1. The van der Waals surface area contributed by atoms with E-state index >= 15 is 0 Å². The first-order valence-electron chi connectivity index (χ1n) is 26.8. The number of amides is 3. The maximum absolute atomic E-state index is 13.8. The molecule has 19 nitrogen and oxygen atoms in total. The predicted octanol–water partition coefficient (Wildman–Crippen LogP) is 8.31. The number of carbonyl (C=O) groups excluding carboxylic acids is 7. The van der Waals surface area contributed by atoms with Crippen LogP contribution in [0, 0.1) is 33.5 Å². The van der Waals surface area contributed by atoms with Gasteiger partial charge in [0.15, 0.2) is 12.2 Å². The number of nitrogens with zero attached hydrogens (tertiary/aromatic N) is 3. The van der Waals surface area contributed by atoms with Crippen LogP contribution >= 0.6 is 0 Å². The van der Waals surface area contributed by atoms with Gasteiger partial charge in [-0.1, -0.05) is 72.5 Å². The summed E-state index contributed by atoms with van der Waals surface area (Å²) in [6.45, 7) is 24.1. The summed E-state index contributed by atoms with van der Waals surface area (Å²) in [6.07, 6.45) is -4.39. The van der Waals surface area contributed by atoms with Crippen molar-refractivity contribution in [3.63, 3.8) is 0 Å². The lowest BCUT2D eigenvalue weighted by molar-refractivity contribution is -0.294. The molecule has 2 saturated heterocycles. The Morgan fingerprint density at radius 2 is 1.21 bits per heavy atom. The molecular weight excluding hydrogens is 1030 g/mol. The van der Waals surface area contributed by atoms with Crippen LogP contribution in [0.15, 0.2) is 78.9 Å². The van der Waals surface area contributed by atoms with Crippen molar-refractivity contribution in [3.05, 3.63) is 101 Å². The molecule has 1 aromatic heterocycles. The summed E-state index contributed by atoms with van der Waals surface area (Å²) in [6, 6.07) is 22.1. The Kier molecular flexibility index (Phi) is 19.3. The van der Waals surface area contributed by atoms with E-state index in [2.05, 4.69) is 27.4 Å². The number of carbonyl (C=O) groups is 7. The van der Waals surface area contributed by atoms with E-state index < -0.39 is 94.5 Å². The molecule has 19 heteroatoms. The van der Waals surface area contributed by atoms with E-state index in [-0.39, 0.29) is 30.7 Å². The van der Waals surface area contributed by atoms with Gasteiger partial charge in [-0.25, -0.2) is 4.79 Å². The lowest BCUT2D eigenvalue weighted by Crippen LogP contribution is -2.65. The summed E-state index contributed by atoms with van der Waals surface area (Å²) < 4.78 is 42.7. The van der Waals surface area contributed by atoms with Gasteiger partial charge in [0.05, 0.1) is 32.6 Å². The van der Waals surface area contributed by atoms with Crippen LogP contribution in [0.25, 0.3) is 17.0 Å². The minimum absolute atomic E-state index is 0.0164. The Bertz CT molecular complexity index is 2970. The number of hydrogen-bond acceptors (Lipinski definition) is 15. The molecule has 0 saturated carbocycles. The Hall–Kier alpha value is -7.72. The molecule has 430 valence electrons. The minimum atomic E-state index is -1.59. The van der Waals surface area contributed by atoms with Gasteiger partial charge in [-0.15, -0.1) is 5.10 Å². The molecule has 0 bridgehead atoms. The van der Waals surface area contributed by atoms with Gasteiger partial charge in [0.2, 0.25) is 30.1 Å². The van der Waals surface area contributed by atoms with Crippen molar-refractivity contribution in [1.82, 2.24) is 25.3 Å². The average Bonchev–Trinajstić information content (AvgIpc) is 3.80. The van der Waals surface area contributed by atoms with Crippen LogP contribution in [-0.4, -0.2) is 131 Å². The molecule has 0 aliphatic carbocycles. The van der Waals surface area contributed by atoms with Crippen LogP contribution in [0.5, 0.6) is 5.88 Å². The quantitative estimate of drug-likeness (QED) is 0.0687. The van der Waals surface area contributed by atoms with Crippen molar-refractivity contribution in [1.29, 1.82) is 0 Å². The second kappa shape index (κ2) is 25.2. The molecule has 5 atom stereocenters. The summed E-state index contributed by atoms with van der Waals surface area (Å²) in [5.74, 6) is 3.08. The minimum Gasteiger partial charge on any atom is -0.462 e. The fraction of sp³-hybridized carbons (Fsp3) is 0.508. The predicted molar refractivity (Wildman–Crippen MR) is 297 cm³/mol. The molecule has 80 heavy (non-hydrogen) atoms. The van der Waals surface area contributed by atoms with Crippen molar-refractivity contribution < 1.29 is 66.7 Å². The van der Waals surface area contributed by atoms with E-state index in [0.29, 0.717) is 48.2 Å². The molecule has 2 fully saturated rings. The average molecular weight is 1100 g/mol. The van der Waals surface area contributed by atoms with E-state index in [4.69, 9.17) is 33.2 Å². The smallest absolute Gasteiger partial charge is 0.410 e. The summed E-state index contributed by atoms with van der Waals surface area (Å²) in [5.41, 5.74) is -1.95. The molecule has 6 rings (SSSR count). The maximum Gasteiger partial charge on any atom is 0.410 e. The number of esters is 4. The zero-order valence-corrected chi connectivity index (χ0v) is 48.5. The standard InChI is InChI=1S/C61H77N5O14/c1-57(2,3)52(69)74-37-43-46(77-53(70)58(4,5)6)47(78-54(71)59(7,8)9)48(79-55(72)60(10,11)12)50(76-43)80-49-45-41(23-19-24-42(45)63-64-49)31-30-39-28-26-38(27-29-39)22-18-25-44(67)62-61(13,14)51(68)65-32-34-66(35-33-65)56(73)75-36-40-20-16-15-17-21-40/h15-24,26-29,43,46-48,50H,25,32-37H2,1-14H3,(H,62,67)(H,63,64)/t43-,46-,47+,48-,50+/m1/s1. The monoisotopic (exact) mass is 1100 g/mol. The Balaban J connectivity index is 1.17. The van der Waals surface area contributed by atoms with Gasteiger partial charge >= 0.3 is 30.0 Å². The molecule has 3 amide bonds. The van der Waals surface area contributed by atoms with E-state index in [1.165, 1.54) is 0 Å². The van der Waals surface area contributed by atoms with Crippen LogP contribution in [-0.2, 0) is 63.8 Å². The first kappa shape index (κ1) is 61.5. The van der Waals surface area contributed by atoms with Crippen LogP contribution < -0.4 is 10.1 Å². The van der Waals surface area contributed by atoms with Gasteiger partial charge in [-0.3, -0.25) is 33.9 Å². The topological polar surface area (TPSA) is 231 Å². The number of piperazine rings is 1. The molecule has 0 radical (unpaired) electrons. The largest absolute Gasteiger partial charge is 0.462 e. The highest BCUT2D eigenvalue weighted by Crippen LogP contribution is 2.37. The zero-order valence-electron chi connectivity index (χ0n) is 48.5. The van der Waals surface area contributed by atoms with Crippen LogP contribution in [0.4, 0.5) is 4.79 Å². The van der Waals surface area contributed by atoms with Crippen molar-refractivity contribution in [2.24, 2.45) is 21.7 Å². The molecule has 2 N–H and O–H groups in total. The van der Waals surface area contributed by atoms with E-state index in [0.717, 1.165) is 11.1 Å². The summed E-state index contributed by atoms with van der Waals surface area (Å²) in [5, 5.41) is 10.7. The number of H-pyrrole nitrogens is 1. The fourth-order valence-electron chi connectivity index (χ4n) is 8.00. The fourth-order valence-corrected chi connectivity index (χ4v) is 8.00. The lowest BCUT2D eigenvalue weighted by Gasteiger charge is -2.45. The van der Waals surface area contributed by atoms with Gasteiger partial charge in [0.25, 0.3) is 0 Å². The van der Waals surface area contributed by atoms with Crippen molar-refractivity contribution in [2.75, 3.05) is 32.8 Å². The molecule has 3 aromatic carbocycles. The molecule has 4 aromatic rings.